The van der Waals surface area contributed by atoms with Gasteiger partial charge in [0.2, 0.25) is 0 Å². The van der Waals surface area contributed by atoms with Crippen molar-refractivity contribution in [3.05, 3.63) is 17.0 Å². The Labute approximate surface area is 107 Å². The standard InChI is InChI=1S/C12H20ClN3O/c1-4-6-10-15-9(13)7-11(16-10)14-8-12(3,17)5-2/h7,17H,4-6,8H2,1-3H3,(H,14,15,16). The van der Waals surface area contributed by atoms with Gasteiger partial charge in [0.15, 0.2) is 0 Å². The molecule has 0 aliphatic heterocycles. The summed E-state index contributed by atoms with van der Waals surface area (Å²) in [5.41, 5.74) is -0.734. The first-order valence-electron chi connectivity index (χ1n) is 5.96. The second kappa shape index (κ2) is 6.17. The maximum absolute atomic E-state index is 9.89. The highest BCUT2D eigenvalue weighted by Gasteiger charge is 2.17. The molecule has 1 heterocycles. The summed E-state index contributed by atoms with van der Waals surface area (Å²) in [6.07, 6.45) is 2.46. The van der Waals surface area contributed by atoms with Gasteiger partial charge in [-0.1, -0.05) is 25.4 Å². The van der Waals surface area contributed by atoms with E-state index < -0.39 is 5.60 Å². The molecule has 1 rings (SSSR count). The highest BCUT2D eigenvalue weighted by molar-refractivity contribution is 6.29. The van der Waals surface area contributed by atoms with Crippen LogP contribution >= 0.6 is 11.6 Å². The lowest BCUT2D eigenvalue weighted by atomic mass is 10.0. The Hall–Kier alpha value is -0.870. The number of hydrogen-bond donors (Lipinski definition) is 2. The van der Waals surface area contributed by atoms with Gasteiger partial charge in [-0.2, -0.15) is 0 Å². The molecule has 0 spiro atoms. The number of rotatable bonds is 6. The summed E-state index contributed by atoms with van der Waals surface area (Å²) < 4.78 is 0. The molecule has 1 unspecified atom stereocenters. The van der Waals surface area contributed by atoms with Crippen LogP contribution in [0.1, 0.15) is 39.4 Å². The van der Waals surface area contributed by atoms with Gasteiger partial charge < -0.3 is 10.4 Å². The minimum absolute atomic E-state index is 0.432. The van der Waals surface area contributed by atoms with Gasteiger partial charge in [0, 0.05) is 19.0 Å². The Balaban J connectivity index is 2.70. The molecule has 1 atom stereocenters. The zero-order chi connectivity index (χ0) is 12.9. The normalized spacial score (nSPS) is 14.4. The number of nitrogens with zero attached hydrogens (tertiary/aromatic N) is 2. The van der Waals surface area contributed by atoms with Crippen LogP contribution in [0.4, 0.5) is 5.82 Å². The van der Waals surface area contributed by atoms with Gasteiger partial charge in [-0.15, -0.1) is 0 Å². The van der Waals surface area contributed by atoms with E-state index in [2.05, 4.69) is 22.2 Å². The van der Waals surface area contributed by atoms with Crippen molar-refractivity contribution in [2.45, 2.75) is 45.6 Å². The van der Waals surface area contributed by atoms with Crippen molar-refractivity contribution in [3.8, 4) is 0 Å². The van der Waals surface area contributed by atoms with Crippen molar-refractivity contribution < 1.29 is 5.11 Å². The quantitative estimate of drug-likeness (QED) is 0.770. The van der Waals surface area contributed by atoms with Crippen molar-refractivity contribution in [2.75, 3.05) is 11.9 Å². The van der Waals surface area contributed by atoms with E-state index in [-0.39, 0.29) is 0 Å². The Bertz CT molecular complexity index is 369. The molecule has 0 amide bonds. The minimum atomic E-state index is -0.734. The first kappa shape index (κ1) is 14.2. The molecule has 0 aromatic carbocycles. The van der Waals surface area contributed by atoms with Crippen LogP contribution < -0.4 is 5.32 Å². The summed E-state index contributed by atoms with van der Waals surface area (Å²) >= 11 is 5.92. The van der Waals surface area contributed by atoms with Gasteiger partial charge in [-0.05, 0) is 19.8 Å². The predicted octanol–water partition coefficient (Wildman–Crippen LogP) is 2.66. The molecule has 1 aromatic heterocycles. The monoisotopic (exact) mass is 257 g/mol. The highest BCUT2D eigenvalue weighted by atomic mass is 35.5. The largest absolute Gasteiger partial charge is 0.388 e. The maximum Gasteiger partial charge on any atom is 0.134 e. The van der Waals surface area contributed by atoms with Gasteiger partial charge in [0.25, 0.3) is 0 Å². The number of aliphatic hydroxyl groups is 1. The number of halogens is 1. The Kier molecular flexibility index (Phi) is 5.15. The molecule has 4 nitrogen and oxygen atoms in total. The summed E-state index contributed by atoms with van der Waals surface area (Å²) in [7, 11) is 0. The van der Waals surface area contributed by atoms with E-state index in [0.717, 1.165) is 18.7 Å². The fourth-order valence-electron chi connectivity index (χ4n) is 1.30. The average Bonchev–Trinajstić information content (AvgIpc) is 2.26. The zero-order valence-electron chi connectivity index (χ0n) is 10.6. The predicted molar refractivity (Wildman–Crippen MR) is 70.4 cm³/mol. The van der Waals surface area contributed by atoms with Gasteiger partial charge in [0.1, 0.15) is 16.8 Å². The third-order valence-electron chi connectivity index (χ3n) is 2.63. The Morgan fingerprint density at radius 3 is 2.71 bits per heavy atom. The molecule has 0 saturated carbocycles. The van der Waals surface area contributed by atoms with Crippen LogP contribution in [0, 0.1) is 0 Å². The van der Waals surface area contributed by atoms with E-state index >= 15 is 0 Å². The van der Waals surface area contributed by atoms with E-state index in [1.54, 1.807) is 13.0 Å². The molecular formula is C12H20ClN3O. The SMILES string of the molecule is CCCc1nc(Cl)cc(NCC(C)(O)CC)n1. The van der Waals surface area contributed by atoms with Crippen molar-refractivity contribution >= 4 is 17.4 Å². The summed E-state index contributed by atoms with van der Waals surface area (Å²) in [6, 6.07) is 1.67. The first-order valence-corrected chi connectivity index (χ1v) is 6.34. The van der Waals surface area contributed by atoms with E-state index in [0.29, 0.717) is 23.9 Å². The van der Waals surface area contributed by atoms with Crippen LogP contribution in [0.15, 0.2) is 6.07 Å². The van der Waals surface area contributed by atoms with E-state index in [4.69, 9.17) is 11.6 Å². The van der Waals surface area contributed by atoms with Crippen LogP contribution in [0.2, 0.25) is 5.15 Å². The molecule has 0 saturated heterocycles. The summed E-state index contributed by atoms with van der Waals surface area (Å²) in [6.45, 7) is 6.24. The second-order valence-corrected chi connectivity index (χ2v) is 4.83. The molecule has 17 heavy (non-hydrogen) atoms. The molecule has 0 radical (unpaired) electrons. The smallest absolute Gasteiger partial charge is 0.134 e. The van der Waals surface area contributed by atoms with Gasteiger partial charge in [-0.25, -0.2) is 9.97 Å². The molecule has 96 valence electrons. The minimum Gasteiger partial charge on any atom is -0.388 e. The molecule has 0 aliphatic rings. The van der Waals surface area contributed by atoms with E-state index in [9.17, 15) is 5.11 Å². The van der Waals surface area contributed by atoms with Crippen molar-refractivity contribution in [1.82, 2.24) is 9.97 Å². The van der Waals surface area contributed by atoms with Gasteiger partial charge >= 0.3 is 0 Å². The lowest BCUT2D eigenvalue weighted by Gasteiger charge is -2.22. The van der Waals surface area contributed by atoms with E-state index in [1.807, 2.05) is 6.92 Å². The molecule has 2 N–H and O–H groups in total. The number of aromatic nitrogens is 2. The number of hydrogen-bond acceptors (Lipinski definition) is 4. The summed E-state index contributed by atoms with van der Waals surface area (Å²) in [4.78, 5) is 8.48. The fourth-order valence-corrected chi connectivity index (χ4v) is 1.50. The lowest BCUT2D eigenvalue weighted by molar-refractivity contribution is 0.0696. The van der Waals surface area contributed by atoms with Crippen LogP contribution in [0.3, 0.4) is 0 Å². The van der Waals surface area contributed by atoms with Gasteiger partial charge in [0.05, 0.1) is 5.60 Å². The highest BCUT2D eigenvalue weighted by Crippen LogP contribution is 2.15. The molecule has 0 aliphatic carbocycles. The lowest BCUT2D eigenvalue weighted by Crippen LogP contribution is -2.32. The van der Waals surface area contributed by atoms with Crippen molar-refractivity contribution in [2.24, 2.45) is 0 Å². The number of anilines is 1. The van der Waals surface area contributed by atoms with E-state index in [1.165, 1.54) is 0 Å². The fraction of sp³-hybridized carbons (Fsp3) is 0.667. The third kappa shape index (κ3) is 4.88. The first-order chi connectivity index (χ1) is 7.96. The Morgan fingerprint density at radius 2 is 2.12 bits per heavy atom. The maximum atomic E-state index is 9.89. The average molecular weight is 258 g/mol. The molecule has 1 aromatic rings. The molecule has 0 fully saturated rings. The van der Waals surface area contributed by atoms with Crippen LogP contribution in [0.25, 0.3) is 0 Å². The summed E-state index contributed by atoms with van der Waals surface area (Å²) in [5, 5.41) is 13.4. The van der Waals surface area contributed by atoms with Crippen molar-refractivity contribution in [1.29, 1.82) is 0 Å². The third-order valence-corrected chi connectivity index (χ3v) is 2.82. The topological polar surface area (TPSA) is 58.0 Å². The van der Waals surface area contributed by atoms with Crippen molar-refractivity contribution in [3.63, 3.8) is 0 Å². The van der Waals surface area contributed by atoms with Crippen LogP contribution in [0.5, 0.6) is 0 Å². The molecule has 0 bridgehead atoms. The number of nitrogens with one attached hydrogen (secondary N) is 1. The second-order valence-electron chi connectivity index (χ2n) is 4.45. The molecule has 5 heteroatoms. The molecular weight excluding hydrogens is 238 g/mol. The summed E-state index contributed by atoms with van der Waals surface area (Å²) in [5.74, 6) is 1.40. The van der Waals surface area contributed by atoms with Crippen LogP contribution in [-0.2, 0) is 6.42 Å². The number of aryl methyl sites for hydroxylation is 1. The zero-order valence-corrected chi connectivity index (χ0v) is 11.4. The Morgan fingerprint density at radius 1 is 1.41 bits per heavy atom. The van der Waals surface area contributed by atoms with Crippen LogP contribution in [-0.4, -0.2) is 27.2 Å². The van der Waals surface area contributed by atoms with Gasteiger partial charge in [-0.3, -0.25) is 0 Å².